The van der Waals surface area contributed by atoms with Crippen LogP contribution in [0, 0.1) is 0 Å². The molecule has 0 unspecified atom stereocenters. The van der Waals surface area contributed by atoms with Crippen molar-refractivity contribution >= 4 is 33.4 Å². The van der Waals surface area contributed by atoms with Gasteiger partial charge in [-0.25, -0.2) is 39.9 Å². The summed E-state index contributed by atoms with van der Waals surface area (Å²) in [4.78, 5) is 37.6. The maximum atomic E-state index is 5.00. The van der Waals surface area contributed by atoms with Crippen LogP contribution in [0.2, 0.25) is 0 Å². The second kappa shape index (κ2) is 9.87. The summed E-state index contributed by atoms with van der Waals surface area (Å²) < 4.78 is 0. The molecular formula is C34H20N8. The minimum absolute atomic E-state index is 0.491. The third-order valence-electron chi connectivity index (χ3n) is 7.17. The highest BCUT2D eigenvalue weighted by Crippen LogP contribution is 2.40. The fraction of sp³-hybridized carbons (Fsp3) is 0. The minimum Gasteiger partial charge on any atom is -0.232 e. The van der Waals surface area contributed by atoms with Gasteiger partial charge in [-0.1, -0.05) is 97.1 Å². The largest absolute Gasteiger partial charge is 0.232 e. The van der Waals surface area contributed by atoms with Gasteiger partial charge in [0, 0.05) is 47.0 Å². The van der Waals surface area contributed by atoms with E-state index in [4.69, 9.17) is 19.9 Å². The van der Waals surface area contributed by atoms with E-state index in [2.05, 4.69) is 44.2 Å². The van der Waals surface area contributed by atoms with Gasteiger partial charge in [0.05, 0.1) is 22.8 Å². The summed E-state index contributed by atoms with van der Waals surface area (Å²) in [5, 5.41) is 2.01. The smallest absolute Gasteiger partial charge is 0.198 e. The lowest BCUT2D eigenvalue weighted by Crippen LogP contribution is -2.00. The van der Waals surface area contributed by atoms with Gasteiger partial charge >= 0.3 is 0 Å². The summed E-state index contributed by atoms with van der Waals surface area (Å²) in [6.45, 7) is 0. The summed E-state index contributed by atoms with van der Waals surface area (Å²) in [5.41, 5.74) is 8.70. The van der Waals surface area contributed by atoms with Gasteiger partial charge in [-0.05, 0) is 10.8 Å². The van der Waals surface area contributed by atoms with Crippen LogP contribution in [0.4, 0.5) is 0 Å². The lowest BCUT2D eigenvalue weighted by Gasteiger charge is -2.16. The molecule has 8 rings (SSSR count). The van der Waals surface area contributed by atoms with E-state index in [1.54, 1.807) is 24.8 Å². The molecule has 8 aromatic rings. The predicted molar refractivity (Wildman–Crippen MR) is 163 cm³/mol. The molecule has 4 heterocycles. The molecule has 0 aliphatic carbocycles. The van der Waals surface area contributed by atoms with Crippen molar-refractivity contribution in [2.45, 2.75) is 0 Å². The average molecular weight is 541 g/mol. The zero-order chi connectivity index (χ0) is 27.9. The zero-order valence-electron chi connectivity index (χ0n) is 22.1. The van der Waals surface area contributed by atoms with Gasteiger partial charge in [0.1, 0.15) is 0 Å². The van der Waals surface area contributed by atoms with Gasteiger partial charge in [-0.3, -0.25) is 0 Å². The molecule has 0 radical (unpaired) electrons. The topological polar surface area (TPSA) is 103 Å². The third-order valence-corrected chi connectivity index (χ3v) is 7.17. The molecule has 8 heteroatoms. The number of aromatic nitrogens is 8. The Labute approximate surface area is 239 Å². The zero-order valence-corrected chi connectivity index (χ0v) is 22.1. The Morgan fingerprint density at radius 3 is 1.02 bits per heavy atom. The maximum Gasteiger partial charge on any atom is 0.198 e. The fourth-order valence-electron chi connectivity index (χ4n) is 5.28. The van der Waals surface area contributed by atoms with E-state index in [0.29, 0.717) is 22.6 Å². The molecule has 0 saturated heterocycles. The summed E-state index contributed by atoms with van der Waals surface area (Å²) in [7, 11) is 0. The Morgan fingerprint density at radius 1 is 0.310 bits per heavy atom. The lowest BCUT2D eigenvalue weighted by molar-refractivity contribution is 1.16. The van der Waals surface area contributed by atoms with Crippen molar-refractivity contribution in [2.24, 2.45) is 0 Å². The fourth-order valence-corrected chi connectivity index (χ4v) is 5.28. The summed E-state index contributed by atoms with van der Waals surface area (Å²) >= 11 is 0. The van der Waals surface area contributed by atoms with E-state index in [1.807, 2.05) is 72.8 Å². The molecule has 0 aliphatic rings. The van der Waals surface area contributed by atoms with E-state index >= 15 is 0 Å². The van der Waals surface area contributed by atoms with Crippen LogP contribution in [0.1, 0.15) is 0 Å². The first-order valence-electron chi connectivity index (χ1n) is 13.4. The van der Waals surface area contributed by atoms with Gasteiger partial charge in [-0.15, -0.1) is 0 Å². The molecule has 0 fully saturated rings. The van der Waals surface area contributed by atoms with Crippen LogP contribution in [-0.4, -0.2) is 39.9 Å². The molecule has 0 aliphatic heterocycles. The van der Waals surface area contributed by atoms with Crippen molar-refractivity contribution in [2.75, 3.05) is 0 Å². The molecule has 4 aromatic heterocycles. The molecule has 0 N–H and O–H groups in total. The van der Waals surface area contributed by atoms with Crippen molar-refractivity contribution in [3.05, 3.63) is 122 Å². The number of nitrogens with zero attached hydrogens (tertiary/aromatic N) is 8. The maximum absolute atomic E-state index is 5.00. The number of rotatable bonds is 4. The molecule has 0 atom stereocenters. The number of hydrogen-bond donors (Lipinski definition) is 0. The molecule has 0 spiro atoms. The second-order valence-electron chi connectivity index (χ2n) is 9.69. The van der Waals surface area contributed by atoms with E-state index in [9.17, 15) is 0 Å². The summed E-state index contributed by atoms with van der Waals surface area (Å²) in [5.74, 6) is 0. The molecule has 42 heavy (non-hydrogen) atoms. The van der Waals surface area contributed by atoms with Crippen LogP contribution in [0.25, 0.3) is 78.4 Å². The molecule has 4 aromatic carbocycles. The summed E-state index contributed by atoms with van der Waals surface area (Å²) in [6.07, 6.45) is 6.54. The van der Waals surface area contributed by atoms with E-state index in [0.717, 1.165) is 55.8 Å². The number of fused-ring (bicyclic) bond motifs is 3. The standard InChI is InChI=1S/C34H20N8/c1-3-9-21(10-4-1)27-29(41-33-31(39-27)35-17-19-37-33)25-15-16-26(24-14-8-7-13-23(24)25)30-28(22-11-5-2-6-12-22)40-32-34(42-30)38-20-18-36-32/h1-20H. The number of benzene rings is 4. The molecule has 196 valence electrons. The van der Waals surface area contributed by atoms with Crippen LogP contribution in [-0.2, 0) is 0 Å². The van der Waals surface area contributed by atoms with Crippen molar-refractivity contribution < 1.29 is 0 Å². The Kier molecular flexibility index (Phi) is 5.60. The Balaban J connectivity index is 1.42. The minimum atomic E-state index is 0.491. The van der Waals surface area contributed by atoms with Crippen molar-refractivity contribution in [1.29, 1.82) is 0 Å². The highest BCUT2D eigenvalue weighted by molar-refractivity contribution is 6.07. The quantitative estimate of drug-likeness (QED) is 0.236. The first kappa shape index (κ1) is 23.8. The van der Waals surface area contributed by atoms with Crippen molar-refractivity contribution in [3.63, 3.8) is 0 Å². The van der Waals surface area contributed by atoms with Crippen LogP contribution < -0.4 is 0 Å². The van der Waals surface area contributed by atoms with Crippen LogP contribution >= 0.6 is 0 Å². The normalized spacial score (nSPS) is 11.3. The third kappa shape index (κ3) is 4.01. The Hall–Kier alpha value is -6.02. The van der Waals surface area contributed by atoms with Crippen LogP contribution in [0.15, 0.2) is 122 Å². The predicted octanol–water partition coefficient (Wildman–Crippen LogP) is 6.97. The molecule has 8 nitrogen and oxygen atoms in total. The first-order valence-corrected chi connectivity index (χ1v) is 13.4. The van der Waals surface area contributed by atoms with Gasteiger partial charge < -0.3 is 0 Å². The van der Waals surface area contributed by atoms with E-state index in [1.165, 1.54) is 0 Å². The van der Waals surface area contributed by atoms with Gasteiger partial charge in [-0.2, -0.15) is 0 Å². The van der Waals surface area contributed by atoms with Crippen molar-refractivity contribution in [3.8, 4) is 45.0 Å². The van der Waals surface area contributed by atoms with Crippen LogP contribution in [0.3, 0.4) is 0 Å². The van der Waals surface area contributed by atoms with Gasteiger partial charge in [0.25, 0.3) is 0 Å². The number of hydrogen-bond acceptors (Lipinski definition) is 8. The Morgan fingerprint density at radius 2 is 0.643 bits per heavy atom. The molecule has 0 bridgehead atoms. The SMILES string of the molecule is c1ccc(-c2nc3nccnc3nc2-c2ccc(-c3nc4nccnc4nc3-c3ccccc3)c3ccccc23)cc1. The van der Waals surface area contributed by atoms with E-state index in [-0.39, 0.29) is 0 Å². The van der Waals surface area contributed by atoms with Crippen LogP contribution in [0.5, 0.6) is 0 Å². The lowest BCUT2D eigenvalue weighted by atomic mass is 9.93. The molecule has 0 amide bonds. The second-order valence-corrected chi connectivity index (χ2v) is 9.69. The van der Waals surface area contributed by atoms with E-state index < -0.39 is 0 Å². The summed E-state index contributed by atoms with van der Waals surface area (Å²) in [6, 6.07) is 32.5. The average Bonchev–Trinajstić information content (AvgIpc) is 3.07. The monoisotopic (exact) mass is 540 g/mol. The first-order chi connectivity index (χ1) is 20.8. The highest BCUT2D eigenvalue weighted by Gasteiger charge is 2.21. The highest BCUT2D eigenvalue weighted by atomic mass is 15.0. The molecule has 0 saturated carbocycles. The Bertz CT molecular complexity index is 2090. The van der Waals surface area contributed by atoms with Gasteiger partial charge in [0.15, 0.2) is 22.6 Å². The van der Waals surface area contributed by atoms with Gasteiger partial charge in [0.2, 0.25) is 0 Å². The molecular weight excluding hydrogens is 520 g/mol. The van der Waals surface area contributed by atoms with Crippen molar-refractivity contribution in [1.82, 2.24) is 39.9 Å².